The Morgan fingerprint density at radius 3 is 2.17 bits per heavy atom. The minimum Gasteiger partial charge on any atom is -0.371 e. The second-order valence-corrected chi connectivity index (χ2v) is 10.5. The maximum Gasteiger partial charge on any atom is 0.416 e. The smallest absolute Gasteiger partial charge is 0.371 e. The van der Waals surface area contributed by atoms with Crippen molar-refractivity contribution in [3.05, 3.63) is 81.6 Å². The highest BCUT2D eigenvalue weighted by Crippen LogP contribution is 2.38. The molecular formula is C29H30F6N6. The lowest BCUT2D eigenvalue weighted by molar-refractivity contribution is -0.143. The van der Waals surface area contributed by atoms with Crippen LogP contribution in [-0.4, -0.2) is 33.3 Å². The monoisotopic (exact) mass is 576 g/mol. The zero-order valence-corrected chi connectivity index (χ0v) is 22.7. The predicted octanol–water partition coefficient (Wildman–Crippen LogP) is 6.50. The van der Waals surface area contributed by atoms with Gasteiger partial charge in [-0.2, -0.15) is 31.1 Å². The van der Waals surface area contributed by atoms with Crippen molar-refractivity contribution in [3.8, 4) is 0 Å². The van der Waals surface area contributed by atoms with Gasteiger partial charge in [-0.05, 0) is 96.5 Å². The van der Waals surface area contributed by atoms with E-state index in [9.17, 15) is 26.3 Å². The fraction of sp³-hybridized carbons (Fsp3) is 0.448. The number of rotatable bonds is 9. The van der Waals surface area contributed by atoms with E-state index < -0.39 is 23.5 Å². The van der Waals surface area contributed by atoms with Crippen LogP contribution >= 0.6 is 0 Å². The van der Waals surface area contributed by atoms with Gasteiger partial charge < -0.3 is 9.80 Å². The molecule has 3 aromatic rings. The van der Waals surface area contributed by atoms with Crippen molar-refractivity contribution in [3.63, 3.8) is 0 Å². The third-order valence-corrected chi connectivity index (χ3v) is 7.50. The van der Waals surface area contributed by atoms with Gasteiger partial charge in [0.05, 0.1) is 18.2 Å². The molecule has 12 heteroatoms. The van der Waals surface area contributed by atoms with Crippen LogP contribution in [0.25, 0.3) is 0 Å². The molecule has 0 bridgehead atoms. The van der Waals surface area contributed by atoms with Crippen LogP contribution in [0.1, 0.15) is 53.1 Å². The number of hydrogen-bond donors (Lipinski definition) is 0. The van der Waals surface area contributed by atoms with Crippen molar-refractivity contribution in [2.45, 2.75) is 58.0 Å². The lowest BCUT2D eigenvalue weighted by Gasteiger charge is -2.31. The number of tetrazole rings is 1. The average Bonchev–Trinajstić information content (AvgIpc) is 3.67. The molecule has 0 aliphatic heterocycles. The maximum absolute atomic E-state index is 13.6. The zero-order chi connectivity index (χ0) is 29.4. The fourth-order valence-electron chi connectivity index (χ4n) is 5.52. The lowest BCUT2D eigenvalue weighted by atomic mass is 10.0. The van der Waals surface area contributed by atoms with Gasteiger partial charge in [-0.15, -0.1) is 10.8 Å². The Bertz CT molecular complexity index is 1440. The minimum atomic E-state index is -4.94. The molecule has 2 aliphatic rings. The molecule has 1 aromatic heterocycles. The normalized spacial score (nSPS) is 16.4. The van der Waals surface area contributed by atoms with Crippen molar-refractivity contribution in [1.82, 2.24) is 20.2 Å². The first-order valence-electron chi connectivity index (χ1n) is 13.5. The molecule has 0 fully saturated rings. The molecule has 1 atom stereocenters. The Morgan fingerprint density at radius 2 is 1.61 bits per heavy atom. The third-order valence-electron chi connectivity index (χ3n) is 7.50. The molecule has 0 saturated heterocycles. The summed E-state index contributed by atoms with van der Waals surface area (Å²) in [4.78, 5) is 5.05. The highest BCUT2D eigenvalue weighted by molar-refractivity contribution is 5.60. The number of alkyl halides is 6. The van der Waals surface area contributed by atoms with Gasteiger partial charge in [0.2, 0.25) is 0 Å². The van der Waals surface area contributed by atoms with Crippen LogP contribution < -0.4 is 9.80 Å². The van der Waals surface area contributed by atoms with Crippen LogP contribution in [0, 0.1) is 5.92 Å². The molecule has 1 heterocycles. The largest absolute Gasteiger partial charge is 0.416 e. The molecule has 0 amide bonds. The SMILES string of the molecule is CCN(CC1C=C=CC1)c1cc2c(cc1CN(Cc1cc(C(F)(F)F)cc(C(F)(F)F)c1)c1nnn(C)n1)CCC2. The Kier molecular flexibility index (Phi) is 7.87. The number of halogens is 6. The zero-order valence-electron chi connectivity index (χ0n) is 22.7. The van der Waals surface area contributed by atoms with Crippen LogP contribution in [0.3, 0.4) is 0 Å². The van der Waals surface area contributed by atoms with E-state index in [0.29, 0.717) is 5.92 Å². The van der Waals surface area contributed by atoms with E-state index in [1.807, 2.05) is 6.08 Å². The van der Waals surface area contributed by atoms with E-state index in [1.54, 1.807) is 11.9 Å². The minimum absolute atomic E-state index is 0.107. The van der Waals surface area contributed by atoms with Crippen molar-refractivity contribution >= 4 is 11.6 Å². The first-order chi connectivity index (χ1) is 19.4. The molecule has 6 nitrogen and oxygen atoms in total. The number of anilines is 2. The molecule has 2 aromatic carbocycles. The predicted molar refractivity (Wildman–Crippen MR) is 142 cm³/mol. The van der Waals surface area contributed by atoms with E-state index in [0.717, 1.165) is 62.2 Å². The van der Waals surface area contributed by atoms with Gasteiger partial charge in [0.25, 0.3) is 5.95 Å². The molecular weight excluding hydrogens is 546 g/mol. The Hall–Kier alpha value is -3.79. The number of nitrogens with zero attached hydrogens (tertiary/aromatic N) is 6. The summed E-state index contributed by atoms with van der Waals surface area (Å²) in [5.41, 5.74) is 4.63. The van der Waals surface area contributed by atoms with Gasteiger partial charge in [-0.25, -0.2) is 0 Å². The van der Waals surface area contributed by atoms with Gasteiger partial charge in [0.1, 0.15) is 0 Å². The molecule has 1 unspecified atom stereocenters. The van der Waals surface area contributed by atoms with E-state index >= 15 is 0 Å². The van der Waals surface area contributed by atoms with Gasteiger partial charge >= 0.3 is 12.4 Å². The first kappa shape index (κ1) is 28.7. The van der Waals surface area contributed by atoms with Crippen molar-refractivity contribution in [2.75, 3.05) is 22.9 Å². The molecule has 0 saturated carbocycles. The van der Waals surface area contributed by atoms with Crippen LogP contribution in [0.15, 0.2) is 48.2 Å². The maximum atomic E-state index is 13.6. The summed E-state index contributed by atoms with van der Waals surface area (Å²) < 4.78 is 81.5. The number of hydrogen-bond acceptors (Lipinski definition) is 5. The van der Waals surface area contributed by atoms with Gasteiger partial charge in [0.15, 0.2) is 0 Å². The first-order valence-corrected chi connectivity index (χ1v) is 13.5. The summed E-state index contributed by atoms with van der Waals surface area (Å²) in [7, 11) is 1.55. The summed E-state index contributed by atoms with van der Waals surface area (Å²) in [5, 5.41) is 12.2. The second-order valence-electron chi connectivity index (χ2n) is 10.5. The molecule has 2 aliphatic carbocycles. The van der Waals surface area contributed by atoms with Gasteiger partial charge in [0, 0.05) is 37.8 Å². The number of aryl methyl sites for hydroxylation is 3. The highest BCUT2D eigenvalue weighted by atomic mass is 19.4. The van der Waals surface area contributed by atoms with Crippen LogP contribution in [-0.2, 0) is 45.3 Å². The summed E-state index contributed by atoms with van der Waals surface area (Å²) >= 11 is 0. The summed E-state index contributed by atoms with van der Waals surface area (Å²) in [6.45, 7) is 3.43. The number of aromatic nitrogens is 4. The fourth-order valence-corrected chi connectivity index (χ4v) is 5.52. The van der Waals surface area contributed by atoms with Crippen molar-refractivity contribution < 1.29 is 26.3 Å². The van der Waals surface area contributed by atoms with E-state index in [2.05, 4.69) is 51.2 Å². The Balaban J connectivity index is 1.54. The van der Waals surface area contributed by atoms with Gasteiger partial charge in [-0.3, -0.25) is 0 Å². The van der Waals surface area contributed by atoms with Crippen molar-refractivity contribution in [2.24, 2.45) is 13.0 Å². The van der Waals surface area contributed by atoms with E-state index in [-0.39, 0.29) is 30.7 Å². The quantitative estimate of drug-likeness (QED) is 0.215. The summed E-state index contributed by atoms with van der Waals surface area (Å²) in [6, 6.07) is 5.93. The Labute approximate surface area is 233 Å². The number of benzene rings is 2. The molecule has 0 N–H and O–H groups in total. The van der Waals surface area contributed by atoms with E-state index in [4.69, 9.17) is 0 Å². The Morgan fingerprint density at radius 1 is 0.927 bits per heavy atom. The topological polar surface area (TPSA) is 50.1 Å². The molecule has 41 heavy (non-hydrogen) atoms. The molecule has 0 radical (unpaired) electrons. The van der Waals surface area contributed by atoms with Gasteiger partial charge in [-0.1, -0.05) is 11.2 Å². The van der Waals surface area contributed by atoms with Crippen molar-refractivity contribution in [1.29, 1.82) is 0 Å². The second kappa shape index (κ2) is 11.2. The van der Waals surface area contributed by atoms with Crippen LogP contribution in [0.5, 0.6) is 0 Å². The standard InChI is InChI=1S/C29H30F6N6/c1-3-40(16-19-7-4-5-8-19)26-14-22-10-6-9-21(22)13-23(26)18-41(27-36-38-39(2)37-27)17-20-11-24(28(30,31)32)15-25(12-20)29(33,34)35/h4,8,11-15,19H,3,6-7,9-10,16-18H2,1-2H3. The lowest BCUT2D eigenvalue weighted by Crippen LogP contribution is -2.31. The van der Waals surface area contributed by atoms with E-state index in [1.165, 1.54) is 15.9 Å². The van der Waals surface area contributed by atoms with Crippen LogP contribution in [0.4, 0.5) is 38.0 Å². The molecule has 5 rings (SSSR count). The molecule has 218 valence electrons. The van der Waals surface area contributed by atoms with Crippen LogP contribution in [0.2, 0.25) is 0 Å². The highest BCUT2D eigenvalue weighted by Gasteiger charge is 2.37. The molecule has 0 spiro atoms. The summed E-state index contributed by atoms with van der Waals surface area (Å²) in [6.07, 6.45) is -2.02. The number of fused-ring (bicyclic) bond motifs is 1. The third kappa shape index (κ3) is 6.59. The summed E-state index contributed by atoms with van der Waals surface area (Å²) in [5.74, 6) is 0.413. The average molecular weight is 577 g/mol.